The van der Waals surface area contributed by atoms with Gasteiger partial charge in [0.1, 0.15) is 5.75 Å². The van der Waals surface area contributed by atoms with Crippen LogP contribution in [-0.4, -0.2) is 54.6 Å². The van der Waals surface area contributed by atoms with Crippen LogP contribution in [0.1, 0.15) is 15.9 Å². The minimum absolute atomic E-state index is 0.0777. The van der Waals surface area contributed by atoms with Crippen molar-refractivity contribution in [1.29, 1.82) is 0 Å². The van der Waals surface area contributed by atoms with Crippen LogP contribution in [0.3, 0.4) is 0 Å². The van der Waals surface area contributed by atoms with Crippen molar-refractivity contribution in [3.63, 3.8) is 0 Å². The fourth-order valence-corrected chi connectivity index (χ4v) is 4.02. The minimum atomic E-state index is -0.332. The second kappa shape index (κ2) is 11.5. The molecule has 0 atom stereocenters. The molecule has 3 aromatic rings. The molecule has 4 rings (SSSR count). The highest BCUT2D eigenvalue weighted by molar-refractivity contribution is 7.80. The number of ether oxygens (including phenoxy) is 1. The van der Waals surface area contributed by atoms with Crippen molar-refractivity contribution in [1.82, 2.24) is 10.2 Å². The van der Waals surface area contributed by atoms with Gasteiger partial charge in [-0.1, -0.05) is 35.9 Å². The highest BCUT2D eigenvalue weighted by atomic mass is 32.1. The number of nitrogens with one attached hydrogen (secondary N) is 2. The van der Waals surface area contributed by atoms with Crippen LogP contribution in [-0.2, 0) is 4.79 Å². The third-order valence-electron chi connectivity index (χ3n) is 5.72. The van der Waals surface area contributed by atoms with Gasteiger partial charge in [-0.25, -0.2) is 0 Å². The summed E-state index contributed by atoms with van der Waals surface area (Å²) in [6, 6.07) is 24.7. The summed E-state index contributed by atoms with van der Waals surface area (Å²) >= 11 is 5.24. The molecular weight excluding hydrogens is 460 g/mol. The largest absolute Gasteiger partial charge is 0.484 e. The highest BCUT2D eigenvalue weighted by Crippen LogP contribution is 2.20. The van der Waals surface area contributed by atoms with Crippen molar-refractivity contribution in [3.8, 4) is 5.75 Å². The van der Waals surface area contributed by atoms with E-state index in [1.165, 1.54) is 0 Å². The molecule has 2 N–H and O–H groups in total. The van der Waals surface area contributed by atoms with E-state index >= 15 is 0 Å². The first-order chi connectivity index (χ1) is 17.0. The third-order valence-corrected chi connectivity index (χ3v) is 5.93. The van der Waals surface area contributed by atoms with Crippen LogP contribution in [0, 0.1) is 6.92 Å². The molecule has 1 aliphatic heterocycles. The summed E-state index contributed by atoms with van der Waals surface area (Å²) in [5, 5.41) is 5.85. The molecule has 0 radical (unpaired) electrons. The van der Waals surface area contributed by atoms with Crippen molar-refractivity contribution in [2.45, 2.75) is 6.92 Å². The van der Waals surface area contributed by atoms with Gasteiger partial charge < -0.3 is 19.9 Å². The highest BCUT2D eigenvalue weighted by Gasteiger charge is 2.22. The number of rotatable bonds is 6. The quantitative estimate of drug-likeness (QED) is 0.514. The number of hydrogen-bond acceptors (Lipinski definition) is 5. The van der Waals surface area contributed by atoms with E-state index in [0.717, 1.165) is 35.6 Å². The van der Waals surface area contributed by atoms with Crippen LogP contribution < -0.4 is 20.3 Å². The van der Waals surface area contributed by atoms with Gasteiger partial charge in [0.05, 0.1) is 0 Å². The predicted molar refractivity (Wildman–Crippen MR) is 142 cm³/mol. The Labute approximate surface area is 210 Å². The zero-order chi connectivity index (χ0) is 24.6. The molecule has 0 spiro atoms. The second-order valence-electron chi connectivity index (χ2n) is 8.30. The normalized spacial score (nSPS) is 13.2. The van der Waals surface area contributed by atoms with Gasteiger partial charge in [0, 0.05) is 43.1 Å². The molecular formula is C27H28N4O3S. The summed E-state index contributed by atoms with van der Waals surface area (Å²) in [6.07, 6.45) is 0. The number of thiocarbonyl (C=S) groups is 1. The molecule has 0 bridgehead atoms. The molecule has 0 unspecified atom stereocenters. The standard InChI is InChI=1S/C27H28N4O3S/c1-20-7-9-21(10-8-20)26(33)31-17-15-30(16-18-31)23-13-11-22(12-14-23)28-27(35)29-25(32)19-34-24-5-3-2-4-6-24/h2-14H,15-19H2,1H3,(H2,28,29,32,35). The smallest absolute Gasteiger partial charge is 0.264 e. The number of nitrogens with zero attached hydrogens (tertiary/aromatic N) is 2. The number of carbonyl (C=O) groups is 2. The number of hydrogen-bond donors (Lipinski definition) is 2. The SMILES string of the molecule is Cc1ccc(C(=O)N2CCN(c3ccc(NC(=S)NC(=O)COc4ccccc4)cc3)CC2)cc1. The van der Waals surface area contributed by atoms with Crippen molar-refractivity contribution in [3.05, 3.63) is 90.0 Å². The number of benzene rings is 3. The summed E-state index contributed by atoms with van der Waals surface area (Å²) in [4.78, 5) is 29.0. The van der Waals surface area contributed by atoms with Gasteiger partial charge in [-0.15, -0.1) is 0 Å². The van der Waals surface area contributed by atoms with Gasteiger partial charge in [-0.2, -0.15) is 0 Å². The fraction of sp³-hybridized carbons (Fsp3) is 0.222. The average Bonchev–Trinajstić information content (AvgIpc) is 2.89. The van der Waals surface area contributed by atoms with Crippen LogP contribution in [0.5, 0.6) is 5.75 Å². The Bertz CT molecular complexity index is 1160. The Kier molecular flexibility index (Phi) is 7.95. The van der Waals surface area contributed by atoms with Crippen LogP contribution in [0.2, 0.25) is 0 Å². The zero-order valence-electron chi connectivity index (χ0n) is 19.6. The average molecular weight is 489 g/mol. The summed E-state index contributed by atoms with van der Waals surface area (Å²) in [6.45, 7) is 4.77. The summed E-state index contributed by atoms with van der Waals surface area (Å²) in [5.41, 5.74) is 3.72. The van der Waals surface area contributed by atoms with Gasteiger partial charge in [-0.3, -0.25) is 14.9 Å². The maximum Gasteiger partial charge on any atom is 0.264 e. The maximum atomic E-state index is 12.7. The van der Waals surface area contributed by atoms with Gasteiger partial charge in [-0.05, 0) is 67.7 Å². The summed E-state index contributed by atoms with van der Waals surface area (Å²) < 4.78 is 5.42. The Morgan fingerprint density at radius 3 is 2.20 bits per heavy atom. The van der Waals surface area contributed by atoms with E-state index in [1.807, 2.05) is 78.6 Å². The zero-order valence-corrected chi connectivity index (χ0v) is 20.4. The molecule has 3 aromatic carbocycles. The van der Waals surface area contributed by atoms with Crippen LogP contribution >= 0.6 is 12.2 Å². The first-order valence-electron chi connectivity index (χ1n) is 11.5. The van der Waals surface area contributed by atoms with Gasteiger partial charge in [0.15, 0.2) is 11.7 Å². The van der Waals surface area contributed by atoms with Crippen molar-refractivity contribution in [2.75, 3.05) is 43.0 Å². The molecule has 1 heterocycles. The predicted octanol–water partition coefficient (Wildman–Crippen LogP) is 3.85. The van der Waals surface area contributed by atoms with Crippen LogP contribution in [0.25, 0.3) is 0 Å². The molecule has 0 aliphatic carbocycles. The lowest BCUT2D eigenvalue weighted by atomic mass is 10.1. The van der Waals surface area contributed by atoms with E-state index in [0.29, 0.717) is 18.8 Å². The van der Waals surface area contributed by atoms with E-state index in [4.69, 9.17) is 17.0 Å². The van der Waals surface area contributed by atoms with E-state index in [9.17, 15) is 9.59 Å². The molecule has 0 aromatic heterocycles. The second-order valence-corrected chi connectivity index (χ2v) is 8.70. The van der Waals surface area contributed by atoms with Crippen molar-refractivity contribution in [2.24, 2.45) is 0 Å². The molecule has 180 valence electrons. The number of aryl methyl sites for hydroxylation is 1. The van der Waals surface area contributed by atoms with E-state index in [-0.39, 0.29) is 23.5 Å². The number of para-hydroxylation sites is 1. The molecule has 7 nitrogen and oxygen atoms in total. The number of anilines is 2. The van der Waals surface area contributed by atoms with Crippen LogP contribution in [0.15, 0.2) is 78.9 Å². The lowest BCUT2D eigenvalue weighted by Crippen LogP contribution is -2.48. The molecule has 2 amide bonds. The number of amides is 2. The molecule has 1 saturated heterocycles. The Morgan fingerprint density at radius 1 is 0.886 bits per heavy atom. The maximum absolute atomic E-state index is 12.7. The van der Waals surface area contributed by atoms with E-state index in [1.54, 1.807) is 12.1 Å². The first-order valence-corrected chi connectivity index (χ1v) is 11.9. The Hall–Kier alpha value is -3.91. The Morgan fingerprint density at radius 2 is 1.54 bits per heavy atom. The van der Waals surface area contributed by atoms with Gasteiger partial charge >= 0.3 is 0 Å². The van der Waals surface area contributed by atoms with Gasteiger partial charge in [0.2, 0.25) is 0 Å². The lowest BCUT2D eigenvalue weighted by Gasteiger charge is -2.36. The van der Waals surface area contributed by atoms with Gasteiger partial charge in [0.25, 0.3) is 11.8 Å². The summed E-state index contributed by atoms with van der Waals surface area (Å²) in [7, 11) is 0. The van der Waals surface area contributed by atoms with Crippen molar-refractivity contribution < 1.29 is 14.3 Å². The number of piperazine rings is 1. The van der Waals surface area contributed by atoms with E-state index in [2.05, 4.69) is 15.5 Å². The molecule has 35 heavy (non-hydrogen) atoms. The Balaban J connectivity index is 1.22. The van der Waals surface area contributed by atoms with Crippen LogP contribution in [0.4, 0.5) is 11.4 Å². The lowest BCUT2D eigenvalue weighted by molar-refractivity contribution is -0.121. The topological polar surface area (TPSA) is 73.9 Å². The minimum Gasteiger partial charge on any atom is -0.484 e. The summed E-state index contributed by atoms with van der Waals surface area (Å²) in [5.74, 6) is 0.368. The third kappa shape index (κ3) is 6.80. The first kappa shape index (κ1) is 24.2. The monoisotopic (exact) mass is 488 g/mol. The van der Waals surface area contributed by atoms with E-state index < -0.39 is 0 Å². The molecule has 8 heteroatoms. The number of carbonyl (C=O) groups excluding carboxylic acids is 2. The molecule has 0 saturated carbocycles. The molecule has 1 aliphatic rings. The fourth-order valence-electron chi connectivity index (χ4n) is 3.79. The molecule has 1 fully saturated rings. The van der Waals surface area contributed by atoms with Crippen molar-refractivity contribution >= 4 is 40.5 Å².